The molecule has 1 rings (SSSR count). The largest absolute Gasteiger partial charge is 0.296 e. The molecule has 0 radical (unpaired) electrons. The van der Waals surface area contributed by atoms with Gasteiger partial charge in [0, 0.05) is 4.75 Å². The summed E-state index contributed by atoms with van der Waals surface area (Å²) in [5.41, 5.74) is 0. The van der Waals surface area contributed by atoms with Crippen molar-refractivity contribution in [3.63, 3.8) is 0 Å². The number of thioether (sulfide) groups is 1. The Morgan fingerprint density at radius 3 is 1.95 bits per heavy atom. The predicted octanol–water partition coefficient (Wildman–Crippen LogP) is 3.46. The Balaban J connectivity index is 3.43. The molecule has 0 saturated heterocycles. The van der Waals surface area contributed by atoms with Crippen LogP contribution in [0, 0.1) is 0 Å². The molecule has 1 aliphatic carbocycles. The maximum Gasteiger partial charge on any atom is 0.296 e. The Morgan fingerprint density at radius 1 is 1.11 bits per heavy atom. The highest BCUT2D eigenvalue weighted by Gasteiger charge is 2.45. The SMILES string of the molecule is CC(C)(C)SC1=C(F)C(F)=C(S(=O)(=O)O)C(F)C1F. The molecule has 0 fully saturated rings. The van der Waals surface area contributed by atoms with E-state index < -0.39 is 48.7 Å². The lowest BCUT2D eigenvalue weighted by atomic mass is 10.1. The van der Waals surface area contributed by atoms with Crippen molar-refractivity contribution in [3.05, 3.63) is 21.5 Å². The summed E-state index contributed by atoms with van der Waals surface area (Å²) >= 11 is 0.553. The van der Waals surface area contributed by atoms with Crippen molar-refractivity contribution in [1.29, 1.82) is 0 Å². The van der Waals surface area contributed by atoms with Crippen LogP contribution in [0.2, 0.25) is 0 Å². The normalized spacial score (nSPS) is 26.1. The van der Waals surface area contributed by atoms with Crippen LogP contribution in [0.15, 0.2) is 21.5 Å². The molecule has 0 aliphatic heterocycles. The second kappa shape index (κ2) is 5.10. The summed E-state index contributed by atoms with van der Waals surface area (Å²) in [5.74, 6) is -3.88. The average molecular weight is 320 g/mol. The van der Waals surface area contributed by atoms with E-state index in [1.807, 2.05) is 0 Å². The standard InChI is InChI=1S/C10H12F4O3S2/c1-10(2,3)18-8-4(11)6(13)9(19(15,16)17)7(14)5(8)12/h4,6H,1-3H3,(H,15,16,17). The van der Waals surface area contributed by atoms with Crippen molar-refractivity contribution in [2.45, 2.75) is 37.9 Å². The van der Waals surface area contributed by atoms with Gasteiger partial charge in [-0.2, -0.15) is 8.42 Å². The third kappa shape index (κ3) is 3.51. The molecule has 3 nitrogen and oxygen atoms in total. The van der Waals surface area contributed by atoms with Gasteiger partial charge in [0.15, 0.2) is 24.0 Å². The molecule has 2 unspecified atom stereocenters. The average Bonchev–Trinajstić information content (AvgIpc) is 2.18. The van der Waals surface area contributed by atoms with E-state index in [-0.39, 0.29) is 0 Å². The molecule has 0 aromatic carbocycles. The smallest absolute Gasteiger partial charge is 0.282 e. The zero-order chi connectivity index (χ0) is 15.2. The van der Waals surface area contributed by atoms with Crippen LogP contribution in [0.3, 0.4) is 0 Å². The van der Waals surface area contributed by atoms with Crippen molar-refractivity contribution in [1.82, 2.24) is 0 Å². The van der Waals surface area contributed by atoms with Gasteiger partial charge in [-0.05, 0) is 0 Å². The fourth-order valence-electron chi connectivity index (χ4n) is 1.41. The lowest BCUT2D eigenvalue weighted by Gasteiger charge is -2.27. The first-order valence-corrected chi connectivity index (χ1v) is 7.36. The molecule has 0 aromatic rings. The van der Waals surface area contributed by atoms with Gasteiger partial charge in [-0.25, -0.2) is 17.6 Å². The molecule has 2 atom stereocenters. The third-order valence-corrected chi connectivity index (χ3v) is 4.27. The van der Waals surface area contributed by atoms with E-state index in [1.54, 1.807) is 20.8 Å². The Bertz CT molecular complexity index is 546. The molecule has 1 aliphatic rings. The fourth-order valence-corrected chi connectivity index (χ4v) is 3.20. The van der Waals surface area contributed by atoms with E-state index in [2.05, 4.69) is 0 Å². The number of allylic oxidation sites excluding steroid dienone is 4. The zero-order valence-corrected chi connectivity index (χ0v) is 11.9. The molecule has 1 N–H and O–H groups in total. The van der Waals surface area contributed by atoms with Gasteiger partial charge >= 0.3 is 0 Å². The molecule has 0 bridgehead atoms. The monoisotopic (exact) mass is 320 g/mol. The number of alkyl halides is 2. The summed E-state index contributed by atoms with van der Waals surface area (Å²) in [6.07, 6.45) is -5.65. The quantitative estimate of drug-likeness (QED) is 0.625. The van der Waals surface area contributed by atoms with E-state index in [9.17, 15) is 26.0 Å². The molecule has 19 heavy (non-hydrogen) atoms. The Hall–Kier alpha value is -0.540. The van der Waals surface area contributed by atoms with Crippen molar-refractivity contribution >= 4 is 21.9 Å². The van der Waals surface area contributed by atoms with E-state index in [0.29, 0.717) is 11.8 Å². The highest BCUT2D eigenvalue weighted by molar-refractivity contribution is 8.04. The minimum absolute atomic E-state index is 0.553. The van der Waals surface area contributed by atoms with Crippen LogP contribution < -0.4 is 0 Å². The maximum atomic E-state index is 13.7. The second-order valence-corrected chi connectivity index (χ2v) is 8.11. The minimum atomic E-state index is -5.35. The molecular formula is C10H12F4O3S2. The van der Waals surface area contributed by atoms with Gasteiger partial charge in [0.25, 0.3) is 10.1 Å². The number of halogens is 4. The highest BCUT2D eigenvalue weighted by Crippen LogP contribution is 2.46. The first-order valence-electron chi connectivity index (χ1n) is 5.10. The van der Waals surface area contributed by atoms with Crippen molar-refractivity contribution in [2.24, 2.45) is 0 Å². The van der Waals surface area contributed by atoms with E-state index >= 15 is 0 Å². The van der Waals surface area contributed by atoms with Gasteiger partial charge in [-0.3, -0.25) is 4.55 Å². The van der Waals surface area contributed by atoms with Gasteiger partial charge in [0.2, 0.25) is 0 Å². The fraction of sp³-hybridized carbons (Fsp3) is 0.600. The molecule has 0 saturated carbocycles. The molecule has 0 aromatic heterocycles. The van der Waals surface area contributed by atoms with Crippen LogP contribution in [-0.4, -0.2) is 30.1 Å². The van der Waals surface area contributed by atoms with Crippen LogP contribution in [-0.2, 0) is 10.1 Å². The zero-order valence-electron chi connectivity index (χ0n) is 10.2. The second-order valence-electron chi connectivity index (χ2n) is 4.85. The highest BCUT2D eigenvalue weighted by atomic mass is 32.2. The lowest BCUT2D eigenvalue weighted by Crippen LogP contribution is -2.31. The molecule has 9 heteroatoms. The third-order valence-electron chi connectivity index (χ3n) is 2.08. The van der Waals surface area contributed by atoms with Crippen LogP contribution in [0.4, 0.5) is 17.6 Å². The van der Waals surface area contributed by atoms with Gasteiger partial charge in [-0.1, -0.05) is 20.8 Å². The minimum Gasteiger partial charge on any atom is -0.282 e. The van der Waals surface area contributed by atoms with Crippen LogP contribution in [0.1, 0.15) is 20.8 Å². The summed E-state index contributed by atoms with van der Waals surface area (Å²) in [5, 5.41) is 0. The topological polar surface area (TPSA) is 54.4 Å². The first-order chi connectivity index (χ1) is 8.36. The van der Waals surface area contributed by atoms with Crippen molar-refractivity contribution in [3.8, 4) is 0 Å². The van der Waals surface area contributed by atoms with Crippen LogP contribution in [0.25, 0.3) is 0 Å². The predicted molar refractivity (Wildman–Crippen MR) is 65.0 cm³/mol. The molecular weight excluding hydrogens is 308 g/mol. The number of rotatable bonds is 2. The van der Waals surface area contributed by atoms with Crippen molar-refractivity contribution in [2.75, 3.05) is 0 Å². The van der Waals surface area contributed by atoms with Gasteiger partial charge in [0.1, 0.15) is 4.91 Å². The van der Waals surface area contributed by atoms with Crippen molar-refractivity contribution < 1.29 is 30.5 Å². The van der Waals surface area contributed by atoms with Crippen LogP contribution in [0.5, 0.6) is 0 Å². The van der Waals surface area contributed by atoms with E-state index in [4.69, 9.17) is 4.55 Å². The van der Waals surface area contributed by atoms with Crippen LogP contribution >= 0.6 is 11.8 Å². The molecule has 0 spiro atoms. The summed E-state index contributed by atoms with van der Waals surface area (Å²) in [7, 11) is -5.35. The molecule has 0 amide bonds. The Morgan fingerprint density at radius 2 is 1.58 bits per heavy atom. The first kappa shape index (κ1) is 16.5. The lowest BCUT2D eigenvalue weighted by molar-refractivity contribution is 0.224. The maximum absolute atomic E-state index is 13.7. The van der Waals surface area contributed by atoms with E-state index in [0.717, 1.165) is 0 Å². The van der Waals surface area contributed by atoms with Gasteiger partial charge in [-0.15, -0.1) is 11.8 Å². The number of hydrogen-bond donors (Lipinski definition) is 1. The van der Waals surface area contributed by atoms with Gasteiger partial charge in [0.05, 0.1) is 4.91 Å². The number of hydrogen-bond acceptors (Lipinski definition) is 3. The Kier molecular flexibility index (Phi) is 4.43. The summed E-state index contributed by atoms with van der Waals surface area (Å²) in [6, 6.07) is 0. The summed E-state index contributed by atoms with van der Waals surface area (Å²) in [4.78, 5) is -2.76. The summed E-state index contributed by atoms with van der Waals surface area (Å²) in [6.45, 7) is 4.70. The molecule has 110 valence electrons. The van der Waals surface area contributed by atoms with Gasteiger partial charge < -0.3 is 0 Å². The summed E-state index contributed by atoms with van der Waals surface area (Å²) < 4.78 is 83.7. The van der Waals surface area contributed by atoms with E-state index in [1.165, 1.54) is 0 Å². The molecule has 0 heterocycles. The Labute approximate surface area is 112 Å².